The van der Waals surface area contributed by atoms with E-state index < -0.39 is 0 Å². The summed E-state index contributed by atoms with van der Waals surface area (Å²) in [5.41, 5.74) is 2.48. The summed E-state index contributed by atoms with van der Waals surface area (Å²) in [5.74, 6) is 2.08. The van der Waals surface area contributed by atoms with Crippen molar-refractivity contribution in [2.75, 3.05) is 5.75 Å². The Bertz CT molecular complexity index is 482. The highest BCUT2D eigenvalue weighted by atomic mass is 32.2. The third-order valence-electron chi connectivity index (χ3n) is 3.21. The summed E-state index contributed by atoms with van der Waals surface area (Å²) >= 11 is 1.86. The quantitative estimate of drug-likeness (QED) is 0.804. The van der Waals surface area contributed by atoms with Gasteiger partial charge in [-0.05, 0) is 55.4 Å². The molecule has 0 aliphatic carbocycles. The lowest BCUT2D eigenvalue weighted by Crippen LogP contribution is -2.28. The number of hydrogen-bond donors (Lipinski definition) is 0. The van der Waals surface area contributed by atoms with Crippen molar-refractivity contribution >= 4 is 18.0 Å². The molecule has 0 saturated heterocycles. The van der Waals surface area contributed by atoms with E-state index in [1.54, 1.807) is 0 Å². The number of allylic oxidation sites excluding steroid dienone is 1. The molecule has 1 heterocycles. The Morgan fingerprint density at radius 1 is 1.32 bits per heavy atom. The second-order valence-corrected chi connectivity index (χ2v) is 5.95. The van der Waals surface area contributed by atoms with Crippen molar-refractivity contribution in [1.82, 2.24) is 0 Å². The number of hydrogen-bond acceptors (Lipinski definition) is 3. The molecular weight excluding hydrogens is 254 g/mol. The van der Waals surface area contributed by atoms with Crippen LogP contribution in [0.15, 0.2) is 35.3 Å². The molecule has 0 saturated carbocycles. The van der Waals surface area contributed by atoms with Crippen LogP contribution in [0.25, 0.3) is 0 Å². The predicted octanol–water partition coefficient (Wildman–Crippen LogP) is 4.16. The summed E-state index contributed by atoms with van der Waals surface area (Å²) in [4.78, 5) is 4.52. The highest BCUT2D eigenvalue weighted by molar-refractivity contribution is 7.99. The second-order valence-electron chi connectivity index (χ2n) is 4.72. The molecule has 0 radical (unpaired) electrons. The molecule has 1 aliphatic heterocycles. The van der Waals surface area contributed by atoms with Gasteiger partial charge in [-0.2, -0.15) is 0 Å². The Kier molecular flexibility index (Phi) is 5.08. The van der Waals surface area contributed by atoms with Crippen molar-refractivity contribution < 1.29 is 4.74 Å². The first-order chi connectivity index (χ1) is 9.22. The molecule has 0 fully saturated rings. The zero-order chi connectivity index (χ0) is 13.7. The molecule has 102 valence electrons. The maximum Gasteiger partial charge on any atom is 0.149 e. The normalized spacial score (nSPS) is 21.6. The van der Waals surface area contributed by atoms with Gasteiger partial charge in [0.25, 0.3) is 0 Å². The maximum atomic E-state index is 6.16. The van der Waals surface area contributed by atoms with Gasteiger partial charge >= 0.3 is 0 Å². The van der Waals surface area contributed by atoms with Gasteiger partial charge in [0, 0.05) is 6.21 Å². The van der Waals surface area contributed by atoms with Crippen LogP contribution in [0.2, 0.25) is 0 Å². The van der Waals surface area contributed by atoms with E-state index in [1.165, 1.54) is 11.1 Å². The van der Waals surface area contributed by atoms with E-state index >= 15 is 0 Å². The van der Waals surface area contributed by atoms with E-state index in [4.69, 9.17) is 4.74 Å². The van der Waals surface area contributed by atoms with Crippen LogP contribution in [-0.4, -0.2) is 23.4 Å². The van der Waals surface area contributed by atoms with Crippen LogP contribution in [0.5, 0.6) is 5.75 Å². The smallest absolute Gasteiger partial charge is 0.149 e. The summed E-state index contributed by atoms with van der Waals surface area (Å²) in [7, 11) is 0. The number of nitrogens with zero attached hydrogens (tertiary/aromatic N) is 1. The first-order valence-electron chi connectivity index (χ1n) is 6.77. The van der Waals surface area contributed by atoms with Crippen LogP contribution < -0.4 is 4.74 Å². The minimum atomic E-state index is 0.0297. The van der Waals surface area contributed by atoms with Crippen LogP contribution in [0.3, 0.4) is 0 Å². The monoisotopic (exact) mass is 275 g/mol. The lowest BCUT2D eigenvalue weighted by atomic mass is 10.1. The lowest BCUT2D eigenvalue weighted by molar-refractivity contribution is 0.245. The number of ether oxygens (including phenoxy) is 1. The molecule has 0 amide bonds. The number of aryl methyl sites for hydroxylation is 1. The molecule has 2 unspecified atom stereocenters. The summed E-state index contributed by atoms with van der Waals surface area (Å²) in [6.07, 6.45) is 7.13. The van der Waals surface area contributed by atoms with Crippen molar-refractivity contribution in [1.29, 1.82) is 0 Å². The predicted molar refractivity (Wildman–Crippen MR) is 84.5 cm³/mol. The zero-order valence-corrected chi connectivity index (χ0v) is 12.6. The van der Waals surface area contributed by atoms with Crippen molar-refractivity contribution in [2.45, 2.75) is 38.7 Å². The van der Waals surface area contributed by atoms with Crippen molar-refractivity contribution in [3.8, 4) is 5.75 Å². The van der Waals surface area contributed by atoms with Crippen molar-refractivity contribution in [2.24, 2.45) is 4.99 Å². The van der Waals surface area contributed by atoms with Gasteiger partial charge in [0.1, 0.15) is 17.2 Å². The van der Waals surface area contributed by atoms with Crippen LogP contribution in [0, 0.1) is 13.8 Å². The molecule has 1 aliphatic rings. The summed E-state index contributed by atoms with van der Waals surface area (Å²) in [6, 6.07) is 6.19. The number of aliphatic imine (C=N–C) groups is 1. The topological polar surface area (TPSA) is 21.6 Å². The van der Waals surface area contributed by atoms with Gasteiger partial charge in [0.2, 0.25) is 0 Å². The molecule has 3 heteroatoms. The standard InChI is InChI=1S/C16H21NOS/c1-4-11-19-16-15(9-6-10-17-16)18-14-8-5-7-12(2)13(14)3/h5-10,15-16H,4,11H2,1-3H3. The third-order valence-corrected chi connectivity index (χ3v) is 4.59. The lowest BCUT2D eigenvalue weighted by Gasteiger charge is -2.25. The number of dihydropyridines is 1. The minimum absolute atomic E-state index is 0.0297. The molecule has 19 heavy (non-hydrogen) atoms. The molecule has 1 aromatic rings. The van der Waals surface area contributed by atoms with Crippen molar-refractivity contribution in [3.05, 3.63) is 41.5 Å². The zero-order valence-electron chi connectivity index (χ0n) is 11.8. The van der Waals surface area contributed by atoms with E-state index in [-0.39, 0.29) is 11.5 Å². The molecule has 0 aromatic heterocycles. The van der Waals surface area contributed by atoms with E-state index in [2.05, 4.69) is 37.9 Å². The molecule has 0 N–H and O–H groups in total. The van der Waals surface area contributed by atoms with Gasteiger partial charge in [-0.1, -0.05) is 19.1 Å². The third kappa shape index (κ3) is 3.63. The van der Waals surface area contributed by atoms with E-state index in [9.17, 15) is 0 Å². The van der Waals surface area contributed by atoms with Crippen LogP contribution in [-0.2, 0) is 0 Å². The van der Waals surface area contributed by atoms with Gasteiger partial charge in [-0.25, -0.2) is 0 Å². The molecule has 2 rings (SSSR count). The Labute approximate surface area is 120 Å². The summed E-state index contributed by atoms with van der Waals surface area (Å²) in [6.45, 7) is 6.41. The number of rotatable bonds is 5. The van der Waals surface area contributed by atoms with E-state index in [0.717, 1.165) is 17.9 Å². The van der Waals surface area contributed by atoms with Crippen LogP contribution in [0.4, 0.5) is 0 Å². The molecule has 2 nitrogen and oxygen atoms in total. The van der Waals surface area contributed by atoms with Gasteiger partial charge in [0.05, 0.1) is 0 Å². The molecule has 0 bridgehead atoms. The first-order valence-corrected chi connectivity index (χ1v) is 7.81. The fraction of sp³-hybridized carbons (Fsp3) is 0.438. The Morgan fingerprint density at radius 3 is 2.95 bits per heavy atom. The fourth-order valence-corrected chi connectivity index (χ4v) is 2.92. The highest BCUT2D eigenvalue weighted by Crippen LogP contribution is 2.27. The van der Waals surface area contributed by atoms with E-state index in [1.807, 2.05) is 36.2 Å². The Morgan fingerprint density at radius 2 is 2.16 bits per heavy atom. The van der Waals surface area contributed by atoms with Crippen molar-refractivity contribution in [3.63, 3.8) is 0 Å². The summed E-state index contributed by atoms with van der Waals surface area (Å²) < 4.78 is 6.16. The van der Waals surface area contributed by atoms with Gasteiger partial charge < -0.3 is 4.74 Å². The molecular formula is C16H21NOS. The highest BCUT2D eigenvalue weighted by Gasteiger charge is 2.22. The average molecular weight is 275 g/mol. The van der Waals surface area contributed by atoms with Gasteiger partial charge in [0.15, 0.2) is 0 Å². The average Bonchev–Trinajstić information content (AvgIpc) is 2.43. The Hall–Kier alpha value is -1.22. The SMILES string of the molecule is CCCSC1N=CC=CC1Oc1cccc(C)c1C. The second kappa shape index (κ2) is 6.80. The van der Waals surface area contributed by atoms with Gasteiger partial charge in [-0.15, -0.1) is 11.8 Å². The molecule has 0 spiro atoms. The van der Waals surface area contributed by atoms with Gasteiger partial charge in [-0.3, -0.25) is 4.99 Å². The molecule has 2 atom stereocenters. The van der Waals surface area contributed by atoms with E-state index in [0.29, 0.717) is 0 Å². The summed E-state index contributed by atoms with van der Waals surface area (Å²) in [5, 5.41) is 0.171. The first kappa shape index (κ1) is 14.2. The minimum Gasteiger partial charge on any atom is -0.483 e. The fourth-order valence-electron chi connectivity index (χ4n) is 1.95. The largest absolute Gasteiger partial charge is 0.483 e. The maximum absolute atomic E-state index is 6.16. The Balaban J connectivity index is 2.09. The van der Waals surface area contributed by atoms with Crippen LogP contribution >= 0.6 is 11.8 Å². The molecule has 1 aromatic carbocycles. The number of thioether (sulfide) groups is 1. The van der Waals surface area contributed by atoms with Crippen LogP contribution in [0.1, 0.15) is 24.5 Å². The number of benzene rings is 1.